The van der Waals surface area contributed by atoms with Gasteiger partial charge in [-0.15, -0.1) is 0 Å². The fraction of sp³-hybridized carbons (Fsp3) is 0.375. The number of hydrogen-bond acceptors (Lipinski definition) is 3. The molecule has 0 aliphatic carbocycles. The van der Waals surface area contributed by atoms with Crippen molar-refractivity contribution in [2.24, 2.45) is 7.05 Å². The number of imidazole rings is 1. The van der Waals surface area contributed by atoms with E-state index < -0.39 is 6.04 Å². The van der Waals surface area contributed by atoms with Crippen molar-refractivity contribution in [2.45, 2.75) is 12.6 Å². The van der Waals surface area contributed by atoms with Crippen molar-refractivity contribution in [3.63, 3.8) is 0 Å². The molecule has 1 atom stereocenters. The van der Waals surface area contributed by atoms with Crippen LogP contribution in [0.5, 0.6) is 0 Å². The minimum atomic E-state index is -0.453. The number of amides is 1. The van der Waals surface area contributed by atoms with Crippen LogP contribution in [0.1, 0.15) is 17.4 Å². The highest BCUT2D eigenvalue weighted by Crippen LogP contribution is 2.21. The summed E-state index contributed by atoms with van der Waals surface area (Å²) >= 11 is 0. The van der Waals surface area contributed by atoms with E-state index in [-0.39, 0.29) is 11.7 Å². The number of aryl methyl sites for hydroxylation is 1. The Bertz CT molecular complexity index is 636. The van der Waals surface area contributed by atoms with E-state index in [0.717, 1.165) is 11.4 Å². The molecule has 0 N–H and O–H groups in total. The molecule has 118 valence electrons. The first-order chi connectivity index (χ1) is 10.4. The molecule has 0 bridgehead atoms. The molecule has 2 rings (SSSR count). The molecule has 0 aliphatic rings. The van der Waals surface area contributed by atoms with E-state index in [1.54, 1.807) is 30.3 Å². The molecular weight excluding hydrogens is 283 g/mol. The van der Waals surface area contributed by atoms with Crippen molar-refractivity contribution in [3.8, 4) is 0 Å². The second-order valence-corrected chi connectivity index (χ2v) is 5.57. The number of halogens is 1. The third-order valence-corrected chi connectivity index (χ3v) is 3.61. The predicted molar refractivity (Wildman–Crippen MR) is 82.5 cm³/mol. The van der Waals surface area contributed by atoms with Gasteiger partial charge in [0.1, 0.15) is 17.7 Å². The third-order valence-electron chi connectivity index (χ3n) is 3.61. The van der Waals surface area contributed by atoms with Crippen molar-refractivity contribution in [3.05, 3.63) is 53.9 Å². The van der Waals surface area contributed by atoms with Crippen molar-refractivity contribution >= 4 is 5.91 Å². The number of carbonyl (C=O) groups is 1. The van der Waals surface area contributed by atoms with Crippen LogP contribution >= 0.6 is 0 Å². The molecular formula is C16H21FN4O. The molecule has 0 saturated carbocycles. The van der Waals surface area contributed by atoms with Crippen LogP contribution < -0.4 is 0 Å². The highest BCUT2D eigenvalue weighted by Gasteiger charge is 2.26. The fourth-order valence-electron chi connectivity index (χ4n) is 2.35. The summed E-state index contributed by atoms with van der Waals surface area (Å²) in [6, 6.07) is 5.58. The molecule has 2 aromatic rings. The molecule has 0 aliphatic heterocycles. The number of hydrogen-bond donors (Lipinski definition) is 0. The third kappa shape index (κ3) is 3.51. The molecule has 0 spiro atoms. The minimum absolute atomic E-state index is 0.0559. The van der Waals surface area contributed by atoms with Gasteiger partial charge in [-0.25, -0.2) is 9.37 Å². The van der Waals surface area contributed by atoms with Gasteiger partial charge in [-0.3, -0.25) is 9.69 Å². The molecule has 0 unspecified atom stereocenters. The van der Waals surface area contributed by atoms with Crippen molar-refractivity contribution < 1.29 is 9.18 Å². The van der Waals surface area contributed by atoms with Gasteiger partial charge in [0.15, 0.2) is 0 Å². The summed E-state index contributed by atoms with van der Waals surface area (Å²) in [5.41, 5.74) is 0.767. The summed E-state index contributed by atoms with van der Waals surface area (Å²) in [5, 5.41) is 0. The minimum Gasteiger partial charge on any atom is -0.337 e. The number of aromatic nitrogens is 2. The molecule has 0 fully saturated rings. The first kappa shape index (κ1) is 16.2. The summed E-state index contributed by atoms with van der Waals surface area (Å²) < 4.78 is 15.0. The van der Waals surface area contributed by atoms with Crippen LogP contribution in [0.25, 0.3) is 0 Å². The van der Waals surface area contributed by atoms with Crippen LogP contribution in [-0.4, -0.2) is 46.4 Å². The first-order valence-electron chi connectivity index (χ1n) is 7.03. The van der Waals surface area contributed by atoms with Crippen LogP contribution in [0.3, 0.4) is 0 Å². The lowest BCUT2D eigenvalue weighted by atomic mass is 10.0. The van der Waals surface area contributed by atoms with Gasteiger partial charge < -0.3 is 9.47 Å². The van der Waals surface area contributed by atoms with Crippen LogP contribution in [0.15, 0.2) is 36.7 Å². The summed E-state index contributed by atoms with van der Waals surface area (Å²) in [6.07, 6.45) is 3.55. The number of benzene rings is 1. The lowest BCUT2D eigenvalue weighted by Gasteiger charge is -2.28. The van der Waals surface area contributed by atoms with E-state index in [1.807, 2.05) is 36.8 Å². The lowest BCUT2D eigenvalue weighted by Crippen LogP contribution is -2.38. The smallest absolute Gasteiger partial charge is 0.244 e. The second-order valence-electron chi connectivity index (χ2n) is 5.57. The SMILES string of the molecule is CN(Cc1nccn1C)C(=O)[C@@H](c1ccc(F)cc1)N(C)C. The Labute approximate surface area is 130 Å². The van der Waals surface area contributed by atoms with Gasteiger partial charge in [0.05, 0.1) is 6.54 Å². The Morgan fingerprint density at radius 1 is 1.27 bits per heavy atom. The maximum atomic E-state index is 13.1. The van der Waals surface area contributed by atoms with Gasteiger partial charge in [-0.05, 0) is 31.8 Å². The topological polar surface area (TPSA) is 41.4 Å². The molecule has 5 nitrogen and oxygen atoms in total. The van der Waals surface area contributed by atoms with E-state index >= 15 is 0 Å². The molecule has 22 heavy (non-hydrogen) atoms. The van der Waals surface area contributed by atoms with Gasteiger partial charge in [0, 0.05) is 26.5 Å². The quantitative estimate of drug-likeness (QED) is 0.846. The number of rotatable bonds is 5. The normalized spacial score (nSPS) is 12.5. The van der Waals surface area contributed by atoms with E-state index in [1.165, 1.54) is 12.1 Å². The Morgan fingerprint density at radius 3 is 2.41 bits per heavy atom. The van der Waals surface area contributed by atoms with Gasteiger partial charge in [0.2, 0.25) is 5.91 Å². The van der Waals surface area contributed by atoms with E-state index in [0.29, 0.717) is 6.54 Å². The zero-order chi connectivity index (χ0) is 16.3. The molecule has 0 radical (unpaired) electrons. The van der Waals surface area contributed by atoms with Gasteiger partial charge in [-0.2, -0.15) is 0 Å². The zero-order valence-corrected chi connectivity index (χ0v) is 13.3. The van der Waals surface area contributed by atoms with Crippen molar-refractivity contribution in [1.29, 1.82) is 0 Å². The van der Waals surface area contributed by atoms with Crippen LogP contribution in [0, 0.1) is 5.82 Å². The number of likely N-dealkylation sites (N-methyl/N-ethyl adjacent to an activating group) is 2. The predicted octanol–water partition coefficient (Wildman–Crippen LogP) is 1.82. The van der Waals surface area contributed by atoms with Crippen LogP contribution in [0.2, 0.25) is 0 Å². The summed E-state index contributed by atoms with van der Waals surface area (Å²) in [7, 11) is 7.31. The van der Waals surface area contributed by atoms with Gasteiger partial charge in [-0.1, -0.05) is 12.1 Å². The second kappa shape index (κ2) is 6.70. The molecule has 1 amide bonds. The highest BCUT2D eigenvalue weighted by atomic mass is 19.1. The Kier molecular flexibility index (Phi) is 4.92. The first-order valence-corrected chi connectivity index (χ1v) is 7.03. The average molecular weight is 304 g/mol. The average Bonchev–Trinajstić information content (AvgIpc) is 2.86. The maximum absolute atomic E-state index is 13.1. The van der Waals surface area contributed by atoms with E-state index in [2.05, 4.69) is 4.98 Å². The molecule has 1 aromatic carbocycles. The van der Waals surface area contributed by atoms with Crippen molar-refractivity contribution in [2.75, 3.05) is 21.1 Å². The lowest BCUT2D eigenvalue weighted by molar-refractivity contribution is -0.135. The Balaban J connectivity index is 2.19. The van der Waals surface area contributed by atoms with Crippen molar-refractivity contribution in [1.82, 2.24) is 19.4 Å². The molecule has 6 heteroatoms. The summed E-state index contributed by atoms with van der Waals surface area (Å²) in [6.45, 7) is 0.424. The number of carbonyl (C=O) groups excluding carboxylic acids is 1. The molecule has 1 aromatic heterocycles. The Hall–Kier alpha value is -2.21. The molecule has 0 saturated heterocycles. The van der Waals surface area contributed by atoms with E-state index in [4.69, 9.17) is 0 Å². The summed E-state index contributed by atoms with van der Waals surface area (Å²) in [4.78, 5) is 20.5. The zero-order valence-electron chi connectivity index (χ0n) is 13.3. The molecule has 1 heterocycles. The largest absolute Gasteiger partial charge is 0.337 e. The Morgan fingerprint density at radius 2 is 1.91 bits per heavy atom. The summed E-state index contributed by atoms with van der Waals surface area (Å²) in [5.74, 6) is 0.446. The van der Waals surface area contributed by atoms with Crippen LogP contribution in [0.4, 0.5) is 4.39 Å². The number of nitrogens with zero attached hydrogens (tertiary/aromatic N) is 4. The van der Waals surface area contributed by atoms with Crippen LogP contribution in [-0.2, 0) is 18.4 Å². The fourth-order valence-corrected chi connectivity index (χ4v) is 2.35. The highest BCUT2D eigenvalue weighted by molar-refractivity contribution is 5.83. The van der Waals surface area contributed by atoms with Gasteiger partial charge in [0.25, 0.3) is 0 Å². The monoisotopic (exact) mass is 304 g/mol. The van der Waals surface area contributed by atoms with E-state index in [9.17, 15) is 9.18 Å². The van der Waals surface area contributed by atoms with Gasteiger partial charge >= 0.3 is 0 Å². The maximum Gasteiger partial charge on any atom is 0.244 e. The standard InChI is InChI=1S/C16H21FN4O/c1-19(2)15(12-5-7-13(17)8-6-12)16(22)21(4)11-14-18-9-10-20(14)3/h5-10,15H,11H2,1-4H3/t15-/m1/s1.